The van der Waals surface area contributed by atoms with Crippen molar-refractivity contribution >= 4 is 65.6 Å². The number of aromatic nitrogens is 7. The van der Waals surface area contributed by atoms with Gasteiger partial charge in [0, 0.05) is 78.8 Å². The SMILES string of the molecule is c1ccc(-c2cc(-c3ccccc3)nc(-n3c4ccccc4c4cc(-c5nccc(-c6ccc7c8ccccc8n(-c8ccc9oc%10ccncc%10c9c8)c7c6)n5)ccc43)n2)cc1. The van der Waals surface area contributed by atoms with E-state index in [2.05, 4.69) is 148 Å². The first-order valence-electron chi connectivity index (χ1n) is 20.9. The molecule has 63 heavy (non-hydrogen) atoms. The number of hydrogen-bond acceptors (Lipinski definition) is 6. The van der Waals surface area contributed by atoms with Gasteiger partial charge in [0.25, 0.3) is 0 Å². The molecule has 6 heterocycles. The van der Waals surface area contributed by atoms with Crippen LogP contribution in [0.4, 0.5) is 0 Å². The van der Waals surface area contributed by atoms with E-state index in [9.17, 15) is 0 Å². The molecule has 0 radical (unpaired) electrons. The summed E-state index contributed by atoms with van der Waals surface area (Å²) in [6.45, 7) is 0. The standard InChI is InChI=1S/C55H33N7O/c1-3-11-34(12-4-1)46-32-47(35-13-5-2-6-14-35)60-55(59-46)62-49-18-10-8-16-40(49)42-29-37(20-23-50(42)62)54-57-28-25-45(58-54)36-19-22-41-39-15-7-9-17-48(39)61(51(41)30-36)38-21-24-52-43(31-38)44-33-56-27-26-53(44)63-52/h1-33H. The van der Waals surface area contributed by atoms with Gasteiger partial charge in [-0.1, -0.05) is 109 Å². The lowest BCUT2D eigenvalue weighted by molar-refractivity contribution is 0.668. The van der Waals surface area contributed by atoms with E-state index >= 15 is 0 Å². The van der Waals surface area contributed by atoms with E-state index in [-0.39, 0.29) is 0 Å². The predicted molar refractivity (Wildman–Crippen MR) is 253 cm³/mol. The fourth-order valence-electron chi connectivity index (χ4n) is 9.19. The Labute approximate surface area is 360 Å². The first-order valence-corrected chi connectivity index (χ1v) is 20.9. The van der Waals surface area contributed by atoms with Crippen molar-refractivity contribution in [3.05, 3.63) is 201 Å². The number of pyridine rings is 1. The summed E-state index contributed by atoms with van der Waals surface area (Å²) in [7, 11) is 0. The highest BCUT2D eigenvalue weighted by Crippen LogP contribution is 2.39. The summed E-state index contributed by atoms with van der Waals surface area (Å²) in [4.78, 5) is 24.8. The third-order valence-electron chi connectivity index (χ3n) is 12.1. The van der Waals surface area contributed by atoms with Crippen LogP contribution in [0.2, 0.25) is 0 Å². The minimum atomic E-state index is 0.607. The van der Waals surface area contributed by atoms with Gasteiger partial charge in [-0.05, 0) is 72.8 Å². The van der Waals surface area contributed by atoms with E-state index in [1.807, 2.05) is 60.9 Å². The Hall–Kier alpha value is -8.75. The maximum absolute atomic E-state index is 6.16. The van der Waals surface area contributed by atoms with E-state index in [0.29, 0.717) is 11.8 Å². The second kappa shape index (κ2) is 13.9. The van der Waals surface area contributed by atoms with Gasteiger partial charge in [0.05, 0.1) is 39.1 Å². The van der Waals surface area contributed by atoms with Crippen molar-refractivity contribution in [2.45, 2.75) is 0 Å². The zero-order chi connectivity index (χ0) is 41.4. The molecule has 0 N–H and O–H groups in total. The van der Waals surface area contributed by atoms with Crippen LogP contribution in [-0.2, 0) is 0 Å². The number of para-hydroxylation sites is 2. The molecule has 6 aromatic heterocycles. The van der Waals surface area contributed by atoms with Crippen molar-refractivity contribution < 1.29 is 4.42 Å². The summed E-state index contributed by atoms with van der Waals surface area (Å²) in [5.74, 6) is 1.25. The van der Waals surface area contributed by atoms with Gasteiger partial charge < -0.3 is 8.98 Å². The molecule has 8 heteroatoms. The zero-order valence-corrected chi connectivity index (χ0v) is 33.6. The Morgan fingerprint density at radius 1 is 0.365 bits per heavy atom. The highest BCUT2D eigenvalue weighted by Gasteiger charge is 2.20. The number of benzene rings is 7. The predicted octanol–water partition coefficient (Wildman–Crippen LogP) is 13.4. The van der Waals surface area contributed by atoms with Crippen LogP contribution in [0.3, 0.4) is 0 Å². The largest absolute Gasteiger partial charge is 0.456 e. The molecule has 0 unspecified atom stereocenters. The molecule has 0 spiro atoms. The molecule has 0 atom stereocenters. The Balaban J connectivity index is 0.937. The molecule has 294 valence electrons. The molecule has 0 bridgehead atoms. The van der Waals surface area contributed by atoms with Crippen LogP contribution in [0.15, 0.2) is 205 Å². The van der Waals surface area contributed by atoms with E-state index in [0.717, 1.165) is 99.8 Å². The third kappa shape index (κ3) is 5.66. The topological polar surface area (TPSA) is 87.5 Å². The van der Waals surface area contributed by atoms with Gasteiger partial charge in [-0.3, -0.25) is 9.55 Å². The van der Waals surface area contributed by atoms with Crippen molar-refractivity contribution in [1.29, 1.82) is 0 Å². The Kier molecular flexibility index (Phi) is 7.74. The first kappa shape index (κ1) is 35.0. The van der Waals surface area contributed by atoms with Crippen molar-refractivity contribution in [2.24, 2.45) is 0 Å². The van der Waals surface area contributed by atoms with Gasteiger partial charge in [-0.2, -0.15) is 0 Å². The summed E-state index contributed by atoms with van der Waals surface area (Å²) >= 11 is 0. The molecular formula is C55H33N7O. The average Bonchev–Trinajstić information content (AvgIpc) is 4.01. The van der Waals surface area contributed by atoms with Crippen molar-refractivity contribution in [1.82, 2.24) is 34.1 Å². The van der Waals surface area contributed by atoms with Crippen molar-refractivity contribution in [2.75, 3.05) is 0 Å². The van der Waals surface area contributed by atoms with E-state index < -0.39 is 0 Å². The molecule has 0 saturated heterocycles. The van der Waals surface area contributed by atoms with Crippen LogP contribution in [0.25, 0.3) is 122 Å². The van der Waals surface area contributed by atoms with Crippen LogP contribution in [0, 0.1) is 0 Å². The van der Waals surface area contributed by atoms with Crippen molar-refractivity contribution in [3.8, 4) is 56.8 Å². The molecule has 0 saturated carbocycles. The minimum absolute atomic E-state index is 0.607. The fourth-order valence-corrected chi connectivity index (χ4v) is 9.19. The molecular weight excluding hydrogens is 775 g/mol. The van der Waals surface area contributed by atoms with Crippen LogP contribution in [-0.4, -0.2) is 34.1 Å². The number of hydrogen-bond donors (Lipinski definition) is 0. The second-order valence-corrected chi connectivity index (χ2v) is 15.8. The number of nitrogens with zero attached hydrogens (tertiary/aromatic N) is 7. The van der Waals surface area contributed by atoms with Gasteiger partial charge in [-0.25, -0.2) is 19.9 Å². The van der Waals surface area contributed by atoms with E-state index in [1.54, 1.807) is 6.20 Å². The zero-order valence-electron chi connectivity index (χ0n) is 33.6. The van der Waals surface area contributed by atoms with E-state index in [4.69, 9.17) is 24.4 Å². The van der Waals surface area contributed by atoms with E-state index in [1.165, 1.54) is 10.8 Å². The molecule has 0 aliphatic carbocycles. The number of fused-ring (bicyclic) bond motifs is 9. The molecule has 8 nitrogen and oxygen atoms in total. The van der Waals surface area contributed by atoms with Gasteiger partial charge in [0.1, 0.15) is 11.2 Å². The fraction of sp³-hybridized carbons (Fsp3) is 0. The lowest BCUT2D eigenvalue weighted by atomic mass is 10.1. The maximum atomic E-state index is 6.16. The van der Waals surface area contributed by atoms with Gasteiger partial charge in [0.15, 0.2) is 5.82 Å². The van der Waals surface area contributed by atoms with Gasteiger partial charge in [0.2, 0.25) is 5.95 Å². The third-order valence-corrected chi connectivity index (χ3v) is 12.1. The highest BCUT2D eigenvalue weighted by atomic mass is 16.3. The molecule has 13 aromatic rings. The average molecular weight is 808 g/mol. The Bertz CT molecular complexity index is 3870. The molecule has 0 fully saturated rings. The maximum Gasteiger partial charge on any atom is 0.235 e. The molecule has 0 aliphatic heterocycles. The highest BCUT2D eigenvalue weighted by molar-refractivity contribution is 6.12. The quantitative estimate of drug-likeness (QED) is 0.166. The lowest BCUT2D eigenvalue weighted by Crippen LogP contribution is -2.04. The van der Waals surface area contributed by atoms with Crippen LogP contribution >= 0.6 is 0 Å². The van der Waals surface area contributed by atoms with Crippen LogP contribution in [0.5, 0.6) is 0 Å². The van der Waals surface area contributed by atoms with Crippen LogP contribution in [0.1, 0.15) is 0 Å². The minimum Gasteiger partial charge on any atom is -0.456 e. The summed E-state index contributed by atoms with van der Waals surface area (Å²) in [6.07, 6.45) is 5.49. The molecule has 13 rings (SSSR count). The summed E-state index contributed by atoms with van der Waals surface area (Å²) in [5.41, 5.74) is 13.5. The van der Waals surface area contributed by atoms with Gasteiger partial charge in [-0.15, -0.1) is 0 Å². The summed E-state index contributed by atoms with van der Waals surface area (Å²) < 4.78 is 10.7. The summed E-state index contributed by atoms with van der Waals surface area (Å²) in [5, 5.41) is 6.53. The molecule has 0 aliphatic rings. The van der Waals surface area contributed by atoms with Gasteiger partial charge >= 0.3 is 0 Å². The molecule has 0 amide bonds. The van der Waals surface area contributed by atoms with Crippen LogP contribution < -0.4 is 0 Å². The smallest absolute Gasteiger partial charge is 0.235 e. The van der Waals surface area contributed by atoms with Crippen molar-refractivity contribution in [3.63, 3.8) is 0 Å². The Morgan fingerprint density at radius 3 is 1.79 bits per heavy atom. The lowest BCUT2D eigenvalue weighted by Gasteiger charge is -2.12. The summed E-state index contributed by atoms with van der Waals surface area (Å²) in [6, 6.07) is 63.0. The number of furan rings is 1. The monoisotopic (exact) mass is 807 g/mol. The first-order chi connectivity index (χ1) is 31.2. The number of rotatable bonds is 6. The second-order valence-electron chi connectivity index (χ2n) is 15.8. The normalized spacial score (nSPS) is 11.8. The molecule has 7 aromatic carbocycles. The Morgan fingerprint density at radius 2 is 1.02 bits per heavy atom.